The molecule has 98 valence electrons. The molecule has 1 aromatic carbocycles. The van der Waals surface area contributed by atoms with Crippen LogP contribution in [0.25, 0.3) is 11.4 Å². The van der Waals surface area contributed by atoms with Crippen LogP contribution in [0.4, 0.5) is 8.78 Å². The molecule has 0 radical (unpaired) electrons. The fourth-order valence-electron chi connectivity index (χ4n) is 2.06. The standard InChI is InChI=1S/C14H11BrF2N2/c15-6-10-7-18-14(19-13(10)8-1-2-8)9-3-11(16)5-12(17)4-9/h3-5,7-8H,1-2,6H2. The molecule has 0 aliphatic heterocycles. The first-order valence-corrected chi connectivity index (χ1v) is 7.18. The predicted molar refractivity (Wildman–Crippen MR) is 72.0 cm³/mol. The van der Waals surface area contributed by atoms with E-state index in [0.29, 0.717) is 22.6 Å². The van der Waals surface area contributed by atoms with Crippen LogP contribution in [0.15, 0.2) is 24.4 Å². The molecule has 2 nitrogen and oxygen atoms in total. The second-order valence-corrected chi connectivity index (χ2v) is 5.23. The zero-order chi connectivity index (χ0) is 13.4. The Bertz CT molecular complexity index is 607. The van der Waals surface area contributed by atoms with Crippen LogP contribution >= 0.6 is 15.9 Å². The summed E-state index contributed by atoms with van der Waals surface area (Å²) in [5.74, 6) is -0.384. The molecule has 0 atom stereocenters. The second-order valence-electron chi connectivity index (χ2n) is 4.67. The number of halogens is 3. The van der Waals surface area contributed by atoms with E-state index in [-0.39, 0.29) is 0 Å². The lowest BCUT2D eigenvalue weighted by Crippen LogP contribution is -1.99. The first-order chi connectivity index (χ1) is 9.17. The van der Waals surface area contributed by atoms with Crippen molar-refractivity contribution in [2.75, 3.05) is 0 Å². The van der Waals surface area contributed by atoms with Gasteiger partial charge in [0, 0.05) is 34.6 Å². The first kappa shape index (κ1) is 12.7. The fourth-order valence-corrected chi connectivity index (χ4v) is 2.49. The van der Waals surface area contributed by atoms with Gasteiger partial charge in [-0.1, -0.05) is 15.9 Å². The summed E-state index contributed by atoms with van der Waals surface area (Å²) in [6, 6.07) is 3.35. The zero-order valence-electron chi connectivity index (χ0n) is 10.0. The highest BCUT2D eigenvalue weighted by Gasteiger charge is 2.28. The van der Waals surface area contributed by atoms with Gasteiger partial charge in [0.1, 0.15) is 11.6 Å². The van der Waals surface area contributed by atoms with Gasteiger partial charge in [-0.2, -0.15) is 0 Å². The molecule has 1 fully saturated rings. The maximum atomic E-state index is 13.2. The average Bonchev–Trinajstić information content (AvgIpc) is 3.21. The van der Waals surface area contributed by atoms with E-state index in [1.165, 1.54) is 12.1 Å². The van der Waals surface area contributed by atoms with Gasteiger partial charge in [-0.3, -0.25) is 0 Å². The molecular formula is C14H11BrF2N2. The van der Waals surface area contributed by atoms with E-state index in [1.54, 1.807) is 6.20 Å². The van der Waals surface area contributed by atoms with Gasteiger partial charge in [-0.25, -0.2) is 18.7 Å². The highest BCUT2D eigenvalue weighted by Crippen LogP contribution is 2.41. The molecule has 1 saturated carbocycles. The van der Waals surface area contributed by atoms with Gasteiger partial charge in [-0.05, 0) is 25.0 Å². The molecule has 0 N–H and O–H groups in total. The van der Waals surface area contributed by atoms with Crippen molar-refractivity contribution >= 4 is 15.9 Å². The maximum Gasteiger partial charge on any atom is 0.159 e. The maximum absolute atomic E-state index is 13.2. The molecule has 5 heteroatoms. The van der Waals surface area contributed by atoms with Crippen molar-refractivity contribution in [2.45, 2.75) is 24.1 Å². The molecule has 19 heavy (non-hydrogen) atoms. The molecule has 1 aliphatic rings. The summed E-state index contributed by atoms with van der Waals surface area (Å²) in [4.78, 5) is 8.68. The molecule has 0 saturated heterocycles. The molecule has 1 heterocycles. The van der Waals surface area contributed by atoms with Crippen LogP contribution < -0.4 is 0 Å². The predicted octanol–water partition coefficient (Wildman–Crippen LogP) is 4.19. The Hall–Kier alpha value is -1.36. The minimum Gasteiger partial charge on any atom is -0.236 e. The third kappa shape index (κ3) is 2.66. The van der Waals surface area contributed by atoms with E-state index >= 15 is 0 Å². The van der Waals surface area contributed by atoms with Gasteiger partial charge in [-0.15, -0.1) is 0 Å². The summed E-state index contributed by atoms with van der Waals surface area (Å²) in [5.41, 5.74) is 2.41. The van der Waals surface area contributed by atoms with Crippen molar-refractivity contribution in [3.8, 4) is 11.4 Å². The Kier molecular flexibility index (Phi) is 3.31. The Morgan fingerprint density at radius 1 is 1.16 bits per heavy atom. The lowest BCUT2D eigenvalue weighted by molar-refractivity contribution is 0.584. The van der Waals surface area contributed by atoms with Crippen LogP contribution in [0, 0.1) is 11.6 Å². The van der Waals surface area contributed by atoms with Crippen molar-refractivity contribution in [1.82, 2.24) is 9.97 Å². The van der Waals surface area contributed by atoms with E-state index in [1.807, 2.05) is 0 Å². The number of nitrogens with zero attached hydrogens (tertiary/aromatic N) is 2. The smallest absolute Gasteiger partial charge is 0.159 e. The van der Waals surface area contributed by atoms with Crippen molar-refractivity contribution < 1.29 is 8.78 Å². The molecule has 3 rings (SSSR count). The number of hydrogen-bond donors (Lipinski definition) is 0. The SMILES string of the molecule is Fc1cc(F)cc(-c2ncc(CBr)c(C3CC3)n2)c1. The van der Waals surface area contributed by atoms with Gasteiger partial charge in [0.15, 0.2) is 5.82 Å². The largest absolute Gasteiger partial charge is 0.236 e. The van der Waals surface area contributed by atoms with E-state index in [9.17, 15) is 8.78 Å². The molecule has 1 aromatic heterocycles. The van der Waals surface area contributed by atoms with Crippen molar-refractivity contribution in [3.63, 3.8) is 0 Å². The van der Waals surface area contributed by atoms with Gasteiger partial charge < -0.3 is 0 Å². The minimum absolute atomic E-state index is 0.375. The van der Waals surface area contributed by atoms with Crippen LogP contribution in [0.3, 0.4) is 0 Å². The topological polar surface area (TPSA) is 25.8 Å². The molecule has 1 aliphatic carbocycles. The minimum atomic E-state index is -0.615. The van der Waals surface area contributed by atoms with Crippen molar-refractivity contribution in [3.05, 3.63) is 47.3 Å². The summed E-state index contributed by atoms with van der Waals surface area (Å²) in [6.45, 7) is 0. The van der Waals surface area contributed by atoms with Crippen LogP contribution in [0.5, 0.6) is 0 Å². The van der Waals surface area contributed by atoms with Crippen LogP contribution in [-0.4, -0.2) is 9.97 Å². The summed E-state index contributed by atoms with van der Waals surface area (Å²) in [5, 5.41) is 0.691. The van der Waals surface area contributed by atoms with E-state index in [2.05, 4.69) is 25.9 Å². The highest BCUT2D eigenvalue weighted by molar-refractivity contribution is 9.08. The van der Waals surface area contributed by atoms with Crippen molar-refractivity contribution in [1.29, 1.82) is 0 Å². The zero-order valence-corrected chi connectivity index (χ0v) is 11.6. The highest BCUT2D eigenvalue weighted by atomic mass is 79.9. The van der Waals surface area contributed by atoms with Crippen LogP contribution in [-0.2, 0) is 5.33 Å². The van der Waals surface area contributed by atoms with Crippen LogP contribution in [0.2, 0.25) is 0 Å². The fraction of sp³-hybridized carbons (Fsp3) is 0.286. The molecule has 0 amide bonds. The summed E-state index contributed by atoms with van der Waals surface area (Å²) < 4.78 is 26.5. The second kappa shape index (κ2) is 4.96. The Morgan fingerprint density at radius 2 is 1.84 bits per heavy atom. The van der Waals surface area contributed by atoms with E-state index < -0.39 is 11.6 Å². The summed E-state index contributed by atoms with van der Waals surface area (Å²) in [6.07, 6.45) is 3.97. The van der Waals surface area contributed by atoms with E-state index in [0.717, 1.165) is 30.2 Å². The van der Waals surface area contributed by atoms with Gasteiger partial charge in [0.2, 0.25) is 0 Å². The monoisotopic (exact) mass is 324 g/mol. The first-order valence-electron chi connectivity index (χ1n) is 6.05. The summed E-state index contributed by atoms with van der Waals surface area (Å²) >= 11 is 3.41. The van der Waals surface area contributed by atoms with Gasteiger partial charge in [0.05, 0.1) is 5.69 Å². The van der Waals surface area contributed by atoms with Gasteiger partial charge >= 0.3 is 0 Å². The third-order valence-electron chi connectivity index (χ3n) is 3.13. The lowest BCUT2D eigenvalue weighted by Gasteiger charge is -2.07. The third-order valence-corrected chi connectivity index (χ3v) is 3.73. The number of rotatable bonds is 3. The molecule has 0 spiro atoms. The number of aromatic nitrogens is 2. The summed E-state index contributed by atoms with van der Waals surface area (Å²) in [7, 11) is 0. The van der Waals surface area contributed by atoms with E-state index in [4.69, 9.17) is 0 Å². The normalized spacial score (nSPS) is 14.7. The Labute approximate surface area is 118 Å². The molecular weight excluding hydrogens is 314 g/mol. The Balaban J connectivity index is 2.07. The Morgan fingerprint density at radius 3 is 2.42 bits per heavy atom. The number of alkyl halides is 1. The number of benzene rings is 1. The molecule has 0 bridgehead atoms. The lowest BCUT2D eigenvalue weighted by atomic mass is 10.1. The quantitative estimate of drug-likeness (QED) is 0.791. The van der Waals surface area contributed by atoms with Crippen LogP contribution in [0.1, 0.15) is 30.0 Å². The average molecular weight is 325 g/mol. The number of hydrogen-bond acceptors (Lipinski definition) is 2. The van der Waals surface area contributed by atoms with Gasteiger partial charge in [0.25, 0.3) is 0 Å². The molecule has 0 unspecified atom stereocenters. The van der Waals surface area contributed by atoms with Crippen molar-refractivity contribution in [2.24, 2.45) is 0 Å². The molecule has 2 aromatic rings.